The summed E-state index contributed by atoms with van der Waals surface area (Å²) in [6.45, 7) is 2.45. The van der Waals surface area contributed by atoms with E-state index in [-0.39, 0.29) is 12.2 Å². The third-order valence-corrected chi connectivity index (χ3v) is 4.07. The second kappa shape index (κ2) is 8.71. The fraction of sp³-hybridized carbons (Fsp3) is 0.222. The maximum atomic E-state index is 12.2. The average molecular weight is 366 g/mol. The number of benzene rings is 2. The lowest BCUT2D eigenvalue weighted by molar-refractivity contribution is 0.0527. The van der Waals surface area contributed by atoms with Crippen molar-refractivity contribution < 1.29 is 14.3 Å². The molecule has 0 saturated carbocycles. The Bertz CT molecular complexity index is 747. The molecule has 1 N–H and O–H groups in total. The number of anilines is 1. The molecule has 2 aromatic carbocycles. The zero-order valence-corrected chi connectivity index (χ0v) is 14.7. The number of nitrogens with one attached hydrogen (secondary N) is 1. The molecule has 0 fully saturated rings. The fourth-order valence-electron chi connectivity index (χ4n) is 2.15. The second-order valence-corrected chi connectivity index (χ2v) is 5.81. The monoisotopic (exact) mass is 365 g/mol. The van der Waals surface area contributed by atoms with Crippen LogP contribution in [0.4, 0.5) is 5.69 Å². The van der Waals surface area contributed by atoms with E-state index in [0.29, 0.717) is 40.0 Å². The molecule has 0 unspecified atom stereocenters. The van der Waals surface area contributed by atoms with Gasteiger partial charge >= 0.3 is 5.97 Å². The molecule has 2 rings (SSSR count). The van der Waals surface area contributed by atoms with Gasteiger partial charge in [0.05, 0.1) is 22.2 Å². The summed E-state index contributed by atoms with van der Waals surface area (Å²) in [6.07, 6.45) is 0.259. The standard InChI is InChI=1S/C18H17Cl2NO3/c1-2-24-18(23)13-5-3-4-6-16(13)21-10-9-17(22)12-7-8-14(19)15(20)11-12/h3-8,11,21H,2,9-10H2,1H3. The predicted octanol–water partition coefficient (Wildman–Crippen LogP) is 4.86. The molecule has 0 aliphatic rings. The molecule has 4 nitrogen and oxygen atoms in total. The number of para-hydroxylation sites is 1. The molecule has 6 heteroatoms. The highest BCUT2D eigenvalue weighted by Crippen LogP contribution is 2.23. The Morgan fingerprint density at radius 1 is 1.08 bits per heavy atom. The van der Waals surface area contributed by atoms with Crippen molar-refractivity contribution in [3.63, 3.8) is 0 Å². The van der Waals surface area contributed by atoms with E-state index < -0.39 is 5.97 Å². The molecule has 0 radical (unpaired) electrons. The van der Waals surface area contributed by atoms with Gasteiger partial charge in [0.1, 0.15) is 0 Å². The van der Waals surface area contributed by atoms with Crippen molar-refractivity contribution >= 4 is 40.6 Å². The zero-order chi connectivity index (χ0) is 17.5. The first-order valence-electron chi connectivity index (χ1n) is 7.51. The molecule has 0 heterocycles. The first-order valence-corrected chi connectivity index (χ1v) is 8.26. The third kappa shape index (κ3) is 4.73. The minimum atomic E-state index is -0.392. The van der Waals surface area contributed by atoms with E-state index >= 15 is 0 Å². The highest BCUT2D eigenvalue weighted by atomic mass is 35.5. The summed E-state index contributed by atoms with van der Waals surface area (Å²) in [6, 6.07) is 11.8. The van der Waals surface area contributed by atoms with Crippen LogP contribution in [0.15, 0.2) is 42.5 Å². The van der Waals surface area contributed by atoms with Crippen molar-refractivity contribution in [2.24, 2.45) is 0 Å². The van der Waals surface area contributed by atoms with Crippen molar-refractivity contribution in [2.75, 3.05) is 18.5 Å². The van der Waals surface area contributed by atoms with E-state index in [4.69, 9.17) is 27.9 Å². The maximum Gasteiger partial charge on any atom is 0.340 e. The van der Waals surface area contributed by atoms with E-state index in [9.17, 15) is 9.59 Å². The number of hydrogen-bond donors (Lipinski definition) is 1. The number of ether oxygens (including phenoxy) is 1. The van der Waals surface area contributed by atoms with E-state index in [1.165, 1.54) is 0 Å². The molecule has 0 atom stereocenters. The van der Waals surface area contributed by atoms with Crippen molar-refractivity contribution in [3.8, 4) is 0 Å². The van der Waals surface area contributed by atoms with Gasteiger partial charge in [0, 0.05) is 24.2 Å². The molecule has 0 spiro atoms. The molecule has 0 aromatic heterocycles. The van der Waals surface area contributed by atoms with Crippen LogP contribution in [0.2, 0.25) is 10.0 Å². The van der Waals surface area contributed by atoms with Crippen LogP contribution in [0.1, 0.15) is 34.1 Å². The van der Waals surface area contributed by atoms with Gasteiger partial charge in [0.15, 0.2) is 5.78 Å². The van der Waals surface area contributed by atoms with Crippen molar-refractivity contribution in [1.82, 2.24) is 0 Å². The maximum absolute atomic E-state index is 12.2. The molecule has 0 aliphatic carbocycles. The molecule has 0 amide bonds. The van der Waals surface area contributed by atoms with Gasteiger partial charge in [-0.1, -0.05) is 35.3 Å². The van der Waals surface area contributed by atoms with Gasteiger partial charge < -0.3 is 10.1 Å². The van der Waals surface area contributed by atoms with E-state index in [2.05, 4.69) is 5.32 Å². The van der Waals surface area contributed by atoms with Crippen LogP contribution in [0.5, 0.6) is 0 Å². The van der Waals surface area contributed by atoms with Crippen LogP contribution in [0.25, 0.3) is 0 Å². The highest BCUT2D eigenvalue weighted by molar-refractivity contribution is 6.42. The Labute approximate surface area is 150 Å². The van der Waals surface area contributed by atoms with E-state index in [0.717, 1.165) is 0 Å². The predicted molar refractivity (Wildman–Crippen MR) is 96.3 cm³/mol. The van der Waals surface area contributed by atoms with Crippen molar-refractivity contribution in [3.05, 3.63) is 63.6 Å². The van der Waals surface area contributed by atoms with Gasteiger partial charge in [-0.05, 0) is 37.3 Å². The third-order valence-electron chi connectivity index (χ3n) is 3.33. The fourth-order valence-corrected chi connectivity index (χ4v) is 2.45. The summed E-state index contributed by atoms with van der Waals surface area (Å²) < 4.78 is 5.02. The van der Waals surface area contributed by atoms with E-state index in [1.807, 2.05) is 6.07 Å². The number of carbonyl (C=O) groups is 2. The minimum absolute atomic E-state index is 0.0605. The summed E-state index contributed by atoms with van der Waals surface area (Å²) >= 11 is 11.8. The van der Waals surface area contributed by atoms with Crippen LogP contribution in [-0.4, -0.2) is 24.9 Å². The molecule has 2 aromatic rings. The molecule has 24 heavy (non-hydrogen) atoms. The SMILES string of the molecule is CCOC(=O)c1ccccc1NCCC(=O)c1ccc(Cl)c(Cl)c1. The minimum Gasteiger partial charge on any atom is -0.462 e. The largest absolute Gasteiger partial charge is 0.462 e. The van der Waals surface area contributed by atoms with Crippen molar-refractivity contribution in [1.29, 1.82) is 0 Å². The summed E-state index contributed by atoms with van der Waals surface area (Å²) in [5.41, 5.74) is 1.59. The first kappa shape index (κ1) is 18.3. The van der Waals surface area contributed by atoms with Crippen LogP contribution in [-0.2, 0) is 4.74 Å². The number of esters is 1. The molecular weight excluding hydrogens is 349 g/mol. The highest BCUT2D eigenvalue weighted by Gasteiger charge is 2.12. The normalized spacial score (nSPS) is 10.3. The molecule has 126 valence electrons. The Hall–Kier alpha value is -2.04. The van der Waals surface area contributed by atoms with E-state index in [1.54, 1.807) is 43.3 Å². The molecular formula is C18H17Cl2NO3. The average Bonchev–Trinajstić information content (AvgIpc) is 2.58. The summed E-state index contributed by atoms with van der Waals surface area (Å²) in [7, 11) is 0. The van der Waals surface area contributed by atoms with Gasteiger partial charge in [-0.25, -0.2) is 4.79 Å². The lowest BCUT2D eigenvalue weighted by Crippen LogP contribution is -2.13. The summed E-state index contributed by atoms with van der Waals surface area (Å²) in [5.74, 6) is -0.453. The van der Waals surface area contributed by atoms with Crippen LogP contribution in [0.3, 0.4) is 0 Å². The van der Waals surface area contributed by atoms with Gasteiger partial charge in [-0.3, -0.25) is 4.79 Å². The number of ketones is 1. The van der Waals surface area contributed by atoms with Crippen LogP contribution < -0.4 is 5.32 Å². The lowest BCUT2D eigenvalue weighted by atomic mass is 10.1. The van der Waals surface area contributed by atoms with Gasteiger partial charge in [0.2, 0.25) is 0 Å². The Morgan fingerprint density at radius 3 is 2.54 bits per heavy atom. The van der Waals surface area contributed by atoms with Crippen LogP contribution in [0, 0.1) is 0 Å². The van der Waals surface area contributed by atoms with Gasteiger partial charge in [-0.2, -0.15) is 0 Å². The number of rotatable bonds is 7. The van der Waals surface area contributed by atoms with Crippen molar-refractivity contribution in [2.45, 2.75) is 13.3 Å². The van der Waals surface area contributed by atoms with Gasteiger partial charge in [0.25, 0.3) is 0 Å². The summed E-state index contributed by atoms with van der Waals surface area (Å²) in [5, 5.41) is 3.86. The van der Waals surface area contributed by atoms with Gasteiger partial charge in [-0.15, -0.1) is 0 Å². The topological polar surface area (TPSA) is 55.4 Å². The number of hydrogen-bond acceptors (Lipinski definition) is 4. The van der Waals surface area contributed by atoms with Crippen LogP contribution >= 0.6 is 23.2 Å². The zero-order valence-electron chi connectivity index (χ0n) is 13.1. The first-order chi connectivity index (χ1) is 11.5. The quantitative estimate of drug-likeness (QED) is 0.562. The summed E-state index contributed by atoms with van der Waals surface area (Å²) in [4.78, 5) is 24.1. The molecule has 0 saturated heterocycles. The lowest BCUT2D eigenvalue weighted by Gasteiger charge is -2.11. The number of carbonyl (C=O) groups excluding carboxylic acids is 2. The second-order valence-electron chi connectivity index (χ2n) is 4.99. The molecule has 0 aliphatic heterocycles. The number of halogens is 2. The Balaban J connectivity index is 1.98. The number of Topliss-reactive ketones (excluding diaryl/α,β-unsaturated/α-hetero) is 1. The molecule has 0 bridgehead atoms. The Morgan fingerprint density at radius 2 is 1.83 bits per heavy atom. The Kier molecular flexibility index (Phi) is 6.64. The smallest absolute Gasteiger partial charge is 0.340 e.